The van der Waals surface area contributed by atoms with Gasteiger partial charge in [-0.05, 0) is 94.6 Å². The number of para-hydroxylation sites is 1. The molecular formula is C39H62N6O3. The maximum Gasteiger partial charge on any atom is 0.329 e. The van der Waals surface area contributed by atoms with Gasteiger partial charge in [-0.15, -0.1) is 0 Å². The predicted octanol–water partition coefficient (Wildman–Crippen LogP) is 7.59. The number of nitrogens with one attached hydrogen (secondary N) is 1. The summed E-state index contributed by atoms with van der Waals surface area (Å²) < 4.78 is 0. The van der Waals surface area contributed by atoms with Gasteiger partial charge in [-0.3, -0.25) is 9.69 Å². The minimum absolute atomic E-state index is 0.0273. The second-order valence-corrected chi connectivity index (χ2v) is 13.2. The van der Waals surface area contributed by atoms with E-state index in [9.17, 15) is 14.4 Å². The van der Waals surface area contributed by atoms with Crippen LogP contribution < -0.4 is 10.2 Å². The van der Waals surface area contributed by atoms with E-state index in [-0.39, 0.29) is 31.1 Å². The molecule has 0 radical (unpaired) electrons. The van der Waals surface area contributed by atoms with Crippen LogP contribution in [0, 0.1) is 13.8 Å². The summed E-state index contributed by atoms with van der Waals surface area (Å²) in [5.74, 6) is -0.208. The fourth-order valence-corrected chi connectivity index (χ4v) is 6.50. The molecule has 2 aromatic rings. The molecule has 48 heavy (non-hydrogen) atoms. The first-order chi connectivity index (χ1) is 23.2. The lowest BCUT2D eigenvalue weighted by Gasteiger charge is -2.43. The molecule has 1 N–H and O–H groups in total. The summed E-state index contributed by atoms with van der Waals surface area (Å²) in [5.41, 5.74) is 3.61. The van der Waals surface area contributed by atoms with Crippen molar-refractivity contribution in [3.05, 3.63) is 59.7 Å². The first-order valence-corrected chi connectivity index (χ1v) is 18.5. The standard InChI is InChI=1S/C39H62N6O3/c1-7-11-17-24-42(25-18-12-8-2)38(47)43-26-27-44(36(31-43)37(46)40-22-16-19-23-41(9-3)10-4)39(48)45(34-20-14-13-15-21-34)35-29-32(5)28-33(6)30-35/h13-15,20-21,28-30,36H,7-12,16-19,22-27,31H2,1-6H3,(H,40,46)/t36-/m0/s1. The second-order valence-electron chi connectivity index (χ2n) is 13.2. The Morgan fingerprint density at radius 2 is 1.33 bits per heavy atom. The lowest BCUT2D eigenvalue weighted by Crippen LogP contribution is -2.64. The Kier molecular flexibility index (Phi) is 16.8. The fourth-order valence-electron chi connectivity index (χ4n) is 6.50. The zero-order chi connectivity index (χ0) is 34.9. The van der Waals surface area contributed by atoms with Crippen LogP contribution in [0.1, 0.15) is 90.2 Å². The van der Waals surface area contributed by atoms with Crippen molar-refractivity contribution in [2.45, 2.75) is 99.0 Å². The summed E-state index contributed by atoms with van der Waals surface area (Å²) in [5, 5.41) is 3.13. The van der Waals surface area contributed by atoms with Crippen LogP contribution in [0.25, 0.3) is 0 Å². The van der Waals surface area contributed by atoms with E-state index in [0.717, 1.165) is 93.5 Å². The summed E-state index contributed by atoms with van der Waals surface area (Å²) in [4.78, 5) is 52.2. The third-order valence-corrected chi connectivity index (χ3v) is 9.30. The molecule has 3 rings (SSSR count). The van der Waals surface area contributed by atoms with Crippen molar-refractivity contribution in [1.82, 2.24) is 24.9 Å². The molecule has 1 aliphatic rings. The van der Waals surface area contributed by atoms with Gasteiger partial charge in [-0.2, -0.15) is 0 Å². The van der Waals surface area contributed by atoms with Crippen molar-refractivity contribution < 1.29 is 14.4 Å². The zero-order valence-electron chi connectivity index (χ0n) is 30.7. The van der Waals surface area contributed by atoms with E-state index in [4.69, 9.17) is 0 Å². The Labute approximate surface area is 290 Å². The van der Waals surface area contributed by atoms with Crippen molar-refractivity contribution in [3.8, 4) is 0 Å². The molecule has 0 unspecified atom stereocenters. The Morgan fingerprint density at radius 1 is 0.729 bits per heavy atom. The maximum absolute atomic E-state index is 14.7. The van der Waals surface area contributed by atoms with E-state index in [1.807, 2.05) is 61.2 Å². The van der Waals surface area contributed by atoms with Crippen molar-refractivity contribution >= 4 is 29.3 Å². The molecule has 0 bridgehead atoms. The van der Waals surface area contributed by atoms with Gasteiger partial charge in [0, 0.05) is 32.7 Å². The minimum atomic E-state index is -0.803. The third kappa shape index (κ3) is 11.5. The monoisotopic (exact) mass is 662 g/mol. The normalized spacial score (nSPS) is 14.7. The molecule has 0 spiro atoms. The van der Waals surface area contributed by atoms with Crippen molar-refractivity contribution in [1.29, 1.82) is 0 Å². The average Bonchev–Trinajstić information content (AvgIpc) is 3.08. The molecule has 0 saturated carbocycles. The Balaban J connectivity index is 1.88. The van der Waals surface area contributed by atoms with Crippen molar-refractivity contribution in [2.75, 3.05) is 63.8 Å². The Morgan fingerprint density at radius 3 is 1.92 bits per heavy atom. The van der Waals surface area contributed by atoms with Crippen LogP contribution in [-0.2, 0) is 4.79 Å². The van der Waals surface area contributed by atoms with E-state index in [2.05, 4.69) is 44.0 Å². The van der Waals surface area contributed by atoms with Crippen molar-refractivity contribution in [3.63, 3.8) is 0 Å². The lowest BCUT2D eigenvalue weighted by atomic mass is 10.1. The molecule has 2 aromatic carbocycles. The van der Waals surface area contributed by atoms with Gasteiger partial charge in [0.2, 0.25) is 5.91 Å². The molecule has 5 amide bonds. The number of hydrogen-bond acceptors (Lipinski definition) is 4. The number of hydrogen-bond donors (Lipinski definition) is 1. The van der Waals surface area contributed by atoms with Gasteiger partial charge in [0.25, 0.3) is 0 Å². The highest BCUT2D eigenvalue weighted by atomic mass is 16.2. The van der Waals surface area contributed by atoms with Gasteiger partial charge in [-0.1, -0.05) is 77.6 Å². The fraction of sp³-hybridized carbons (Fsp3) is 0.615. The van der Waals surface area contributed by atoms with Gasteiger partial charge in [-0.25, -0.2) is 9.59 Å². The second kappa shape index (κ2) is 20.7. The largest absolute Gasteiger partial charge is 0.354 e. The number of urea groups is 2. The molecule has 9 heteroatoms. The predicted molar refractivity (Wildman–Crippen MR) is 198 cm³/mol. The highest BCUT2D eigenvalue weighted by molar-refractivity contribution is 6.02. The topological polar surface area (TPSA) is 79.4 Å². The number of nitrogens with zero attached hydrogens (tertiary/aromatic N) is 5. The number of amides is 5. The van der Waals surface area contributed by atoms with Gasteiger partial charge in [0.15, 0.2) is 0 Å². The molecular weight excluding hydrogens is 600 g/mol. The summed E-state index contributed by atoms with van der Waals surface area (Å²) >= 11 is 0. The number of benzene rings is 2. The number of carbonyl (C=O) groups excluding carboxylic acids is 3. The molecule has 1 heterocycles. The van der Waals surface area contributed by atoms with E-state index in [1.165, 1.54) is 0 Å². The average molecular weight is 663 g/mol. The summed E-state index contributed by atoms with van der Waals surface area (Å²) in [6.45, 7) is 18.5. The summed E-state index contributed by atoms with van der Waals surface area (Å²) in [6, 6.07) is 14.6. The number of anilines is 2. The Bertz CT molecular complexity index is 1240. The number of rotatable bonds is 18. The van der Waals surface area contributed by atoms with E-state index >= 15 is 0 Å². The van der Waals surface area contributed by atoms with Crippen LogP contribution in [0.5, 0.6) is 0 Å². The van der Waals surface area contributed by atoms with Crippen LogP contribution >= 0.6 is 0 Å². The highest BCUT2D eigenvalue weighted by Gasteiger charge is 2.40. The molecule has 0 aromatic heterocycles. The first-order valence-electron chi connectivity index (χ1n) is 18.5. The van der Waals surface area contributed by atoms with E-state index in [0.29, 0.717) is 26.2 Å². The molecule has 1 atom stereocenters. The van der Waals surface area contributed by atoms with Crippen LogP contribution in [0.4, 0.5) is 21.0 Å². The quantitative estimate of drug-likeness (QED) is 0.167. The summed E-state index contributed by atoms with van der Waals surface area (Å²) in [7, 11) is 0. The lowest BCUT2D eigenvalue weighted by molar-refractivity contribution is -0.127. The minimum Gasteiger partial charge on any atom is -0.354 e. The molecule has 266 valence electrons. The van der Waals surface area contributed by atoms with E-state index < -0.39 is 6.04 Å². The molecule has 1 aliphatic heterocycles. The van der Waals surface area contributed by atoms with Crippen molar-refractivity contribution in [2.24, 2.45) is 0 Å². The molecule has 9 nitrogen and oxygen atoms in total. The maximum atomic E-state index is 14.7. The molecule has 1 saturated heterocycles. The first kappa shape index (κ1) is 38.9. The molecule has 0 aliphatic carbocycles. The smallest absolute Gasteiger partial charge is 0.329 e. The number of carbonyl (C=O) groups is 3. The zero-order valence-corrected chi connectivity index (χ0v) is 30.7. The van der Waals surface area contributed by atoms with Crippen LogP contribution in [-0.4, -0.2) is 103 Å². The van der Waals surface area contributed by atoms with Gasteiger partial charge in [0.05, 0.1) is 17.9 Å². The number of aryl methyl sites for hydroxylation is 2. The van der Waals surface area contributed by atoms with E-state index in [1.54, 1.807) is 14.7 Å². The van der Waals surface area contributed by atoms with Crippen LogP contribution in [0.2, 0.25) is 0 Å². The summed E-state index contributed by atoms with van der Waals surface area (Å²) in [6.07, 6.45) is 8.10. The SMILES string of the molecule is CCCCCN(CCCCC)C(=O)N1CCN(C(=O)N(c2ccccc2)c2cc(C)cc(C)c2)[C@H](C(=O)NCCCCN(CC)CC)C1. The number of unbranched alkanes of at least 4 members (excludes halogenated alkanes) is 5. The third-order valence-electron chi connectivity index (χ3n) is 9.30. The van der Waals surface area contributed by atoms with Gasteiger partial charge >= 0.3 is 12.1 Å². The van der Waals surface area contributed by atoms with Crippen LogP contribution in [0.3, 0.4) is 0 Å². The highest BCUT2D eigenvalue weighted by Crippen LogP contribution is 2.30. The molecule has 1 fully saturated rings. The Hall–Kier alpha value is -3.59. The van der Waals surface area contributed by atoms with Gasteiger partial charge in [0.1, 0.15) is 6.04 Å². The van der Waals surface area contributed by atoms with Crippen LogP contribution in [0.15, 0.2) is 48.5 Å². The van der Waals surface area contributed by atoms with Gasteiger partial charge < -0.3 is 24.9 Å². The number of piperazine rings is 1.